The number of halogens is 1. The molecule has 0 bridgehead atoms. The molecule has 2 aromatic rings. The average Bonchev–Trinajstić information content (AvgIpc) is 2.95. The summed E-state index contributed by atoms with van der Waals surface area (Å²) in [7, 11) is 0. The SMILES string of the molecule is CC(=CC(=O)c1ccc(Br)cc1)Nc1ccc2c(c1)OCO2. The van der Waals surface area contributed by atoms with Gasteiger partial charge in [-0.3, -0.25) is 4.79 Å². The van der Waals surface area contributed by atoms with Crippen molar-refractivity contribution in [2.75, 3.05) is 12.1 Å². The van der Waals surface area contributed by atoms with Gasteiger partial charge in [0, 0.05) is 33.6 Å². The number of nitrogens with one attached hydrogen (secondary N) is 1. The Labute approximate surface area is 136 Å². The number of allylic oxidation sites excluding steroid dienone is 2. The number of ketones is 1. The molecule has 0 aliphatic carbocycles. The summed E-state index contributed by atoms with van der Waals surface area (Å²) in [5.74, 6) is 1.40. The number of hydrogen-bond acceptors (Lipinski definition) is 4. The quantitative estimate of drug-likeness (QED) is 0.650. The predicted molar refractivity (Wildman–Crippen MR) is 88.4 cm³/mol. The minimum atomic E-state index is -0.0433. The van der Waals surface area contributed by atoms with Crippen LogP contribution in [0.3, 0.4) is 0 Å². The maximum absolute atomic E-state index is 12.2. The van der Waals surface area contributed by atoms with E-state index in [1.54, 1.807) is 18.2 Å². The summed E-state index contributed by atoms with van der Waals surface area (Å²) in [5.41, 5.74) is 2.25. The van der Waals surface area contributed by atoms with E-state index in [0.717, 1.165) is 21.6 Å². The highest BCUT2D eigenvalue weighted by Gasteiger charge is 2.13. The molecule has 22 heavy (non-hydrogen) atoms. The first-order valence-electron chi connectivity index (χ1n) is 6.77. The minimum absolute atomic E-state index is 0.0433. The number of anilines is 1. The first-order chi connectivity index (χ1) is 10.6. The number of carbonyl (C=O) groups excluding carboxylic acids is 1. The van der Waals surface area contributed by atoms with Gasteiger partial charge in [-0.05, 0) is 43.3 Å². The van der Waals surface area contributed by atoms with Gasteiger partial charge in [-0.1, -0.05) is 15.9 Å². The molecule has 0 saturated heterocycles. The van der Waals surface area contributed by atoms with Crippen LogP contribution >= 0.6 is 15.9 Å². The minimum Gasteiger partial charge on any atom is -0.454 e. The lowest BCUT2D eigenvalue weighted by atomic mass is 10.1. The van der Waals surface area contributed by atoms with E-state index in [-0.39, 0.29) is 12.6 Å². The van der Waals surface area contributed by atoms with Gasteiger partial charge in [-0.25, -0.2) is 0 Å². The van der Waals surface area contributed by atoms with E-state index in [1.165, 1.54) is 0 Å². The number of ether oxygens (including phenoxy) is 2. The Morgan fingerprint density at radius 3 is 2.64 bits per heavy atom. The molecule has 3 rings (SSSR count). The normalized spacial score (nSPS) is 13.1. The third-order valence-electron chi connectivity index (χ3n) is 3.19. The highest BCUT2D eigenvalue weighted by atomic mass is 79.9. The second-order valence-corrected chi connectivity index (χ2v) is 5.81. The smallest absolute Gasteiger partial charge is 0.231 e. The fraction of sp³-hybridized carbons (Fsp3) is 0.118. The van der Waals surface area contributed by atoms with Crippen LogP contribution in [0.15, 0.2) is 58.7 Å². The van der Waals surface area contributed by atoms with Gasteiger partial charge in [0.25, 0.3) is 0 Å². The first kappa shape index (κ1) is 14.7. The number of carbonyl (C=O) groups is 1. The van der Waals surface area contributed by atoms with Crippen molar-refractivity contribution in [3.63, 3.8) is 0 Å². The van der Waals surface area contributed by atoms with Crippen LogP contribution in [0.2, 0.25) is 0 Å². The lowest BCUT2D eigenvalue weighted by Crippen LogP contribution is -2.01. The highest BCUT2D eigenvalue weighted by Crippen LogP contribution is 2.34. The Kier molecular flexibility index (Phi) is 4.15. The molecule has 2 aromatic carbocycles. The molecule has 1 aliphatic rings. The van der Waals surface area contributed by atoms with Gasteiger partial charge in [0.05, 0.1) is 0 Å². The molecule has 112 valence electrons. The second kappa shape index (κ2) is 6.23. The van der Waals surface area contributed by atoms with Crippen molar-refractivity contribution in [3.05, 3.63) is 64.3 Å². The van der Waals surface area contributed by atoms with Gasteiger partial charge >= 0.3 is 0 Å². The van der Waals surface area contributed by atoms with Crippen LogP contribution in [0.5, 0.6) is 11.5 Å². The number of benzene rings is 2. The first-order valence-corrected chi connectivity index (χ1v) is 7.56. The molecule has 0 fully saturated rings. The molecule has 4 nitrogen and oxygen atoms in total. The van der Waals surface area contributed by atoms with Crippen LogP contribution in [0.4, 0.5) is 5.69 Å². The fourth-order valence-electron chi connectivity index (χ4n) is 2.13. The van der Waals surface area contributed by atoms with Crippen molar-refractivity contribution in [2.45, 2.75) is 6.92 Å². The van der Waals surface area contributed by atoms with E-state index in [2.05, 4.69) is 21.2 Å². The number of hydrogen-bond donors (Lipinski definition) is 1. The summed E-state index contributed by atoms with van der Waals surface area (Å²) < 4.78 is 11.5. The summed E-state index contributed by atoms with van der Waals surface area (Å²) in [6.07, 6.45) is 1.58. The molecule has 0 spiro atoms. The van der Waals surface area contributed by atoms with Gasteiger partial charge in [-0.15, -0.1) is 0 Å². The molecule has 0 aromatic heterocycles. The average molecular weight is 360 g/mol. The lowest BCUT2D eigenvalue weighted by molar-refractivity contribution is 0.104. The van der Waals surface area contributed by atoms with Crippen molar-refractivity contribution in [1.82, 2.24) is 0 Å². The zero-order valence-electron chi connectivity index (χ0n) is 11.9. The van der Waals surface area contributed by atoms with Gasteiger partial charge in [0.15, 0.2) is 17.3 Å². The molecule has 0 unspecified atom stereocenters. The Bertz CT molecular complexity index is 738. The standard InChI is InChI=1S/C17H14BrNO3/c1-11(8-15(20)12-2-4-13(18)5-3-12)19-14-6-7-16-17(9-14)22-10-21-16/h2-9,19H,10H2,1H3. The Morgan fingerprint density at radius 2 is 1.86 bits per heavy atom. The second-order valence-electron chi connectivity index (χ2n) is 4.89. The van der Waals surface area contributed by atoms with E-state index in [0.29, 0.717) is 11.3 Å². The van der Waals surface area contributed by atoms with Crippen LogP contribution in [0.1, 0.15) is 17.3 Å². The fourth-order valence-corrected chi connectivity index (χ4v) is 2.40. The molecule has 1 heterocycles. The van der Waals surface area contributed by atoms with E-state index in [1.807, 2.05) is 37.3 Å². The summed E-state index contributed by atoms with van der Waals surface area (Å²) in [4.78, 5) is 12.2. The summed E-state index contributed by atoms with van der Waals surface area (Å²) in [6.45, 7) is 2.09. The molecule has 5 heteroatoms. The topological polar surface area (TPSA) is 47.6 Å². The molecule has 0 atom stereocenters. The largest absolute Gasteiger partial charge is 0.454 e. The maximum atomic E-state index is 12.2. The number of fused-ring (bicyclic) bond motifs is 1. The van der Waals surface area contributed by atoms with Crippen molar-refractivity contribution in [3.8, 4) is 11.5 Å². The van der Waals surface area contributed by atoms with E-state index < -0.39 is 0 Å². The van der Waals surface area contributed by atoms with Crippen molar-refractivity contribution in [2.24, 2.45) is 0 Å². The van der Waals surface area contributed by atoms with E-state index >= 15 is 0 Å². The van der Waals surface area contributed by atoms with Crippen molar-refractivity contribution < 1.29 is 14.3 Å². The molecule has 0 radical (unpaired) electrons. The third-order valence-corrected chi connectivity index (χ3v) is 3.72. The molecule has 1 N–H and O–H groups in total. The van der Waals surface area contributed by atoms with Crippen LogP contribution in [-0.4, -0.2) is 12.6 Å². The summed E-state index contributed by atoms with van der Waals surface area (Å²) >= 11 is 3.35. The van der Waals surface area contributed by atoms with E-state index in [4.69, 9.17) is 9.47 Å². The summed E-state index contributed by atoms with van der Waals surface area (Å²) in [5, 5.41) is 3.18. The Morgan fingerprint density at radius 1 is 1.14 bits per heavy atom. The molecular formula is C17H14BrNO3. The zero-order chi connectivity index (χ0) is 15.5. The van der Waals surface area contributed by atoms with Crippen LogP contribution in [-0.2, 0) is 0 Å². The molecular weight excluding hydrogens is 346 g/mol. The predicted octanol–water partition coefficient (Wildman–Crippen LogP) is 4.38. The third kappa shape index (κ3) is 3.31. The van der Waals surface area contributed by atoms with Crippen LogP contribution in [0, 0.1) is 0 Å². The Balaban J connectivity index is 1.72. The van der Waals surface area contributed by atoms with E-state index in [9.17, 15) is 4.79 Å². The molecule has 1 aliphatic heterocycles. The van der Waals surface area contributed by atoms with Gasteiger partial charge < -0.3 is 14.8 Å². The summed E-state index contributed by atoms with van der Waals surface area (Å²) in [6, 6.07) is 12.9. The molecule has 0 amide bonds. The lowest BCUT2D eigenvalue weighted by Gasteiger charge is -2.07. The number of rotatable bonds is 4. The van der Waals surface area contributed by atoms with Crippen LogP contribution in [0.25, 0.3) is 0 Å². The van der Waals surface area contributed by atoms with Crippen molar-refractivity contribution >= 4 is 27.4 Å². The van der Waals surface area contributed by atoms with Gasteiger partial charge in [0.1, 0.15) is 0 Å². The zero-order valence-corrected chi connectivity index (χ0v) is 13.5. The van der Waals surface area contributed by atoms with Crippen LogP contribution < -0.4 is 14.8 Å². The Hall–Kier alpha value is -2.27. The maximum Gasteiger partial charge on any atom is 0.231 e. The van der Waals surface area contributed by atoms with Crippen molar-refractivity contribution in [1.29, 1.82) is 0 Å². The van der Waals surface area contributed by atoms with Gasteiger partial charge in [0.2, 0.25) is 6.79 Å². The monoisotopic (exact) mass is 359 g/mol. The molecule has 0 saturated carbocycles. The van der Waals surface area contributed by atoms with Gasteiger partial charge in [-0.2, -0.15) is 0 Å². The highest BCUT2D eigenvalue weighted by molar-refractivity contribution is 9.10.